The molecule has 0 spiro atoms. The first-order valence-corrected chi connectivity index (χ1v) is 8.70. The van der Waals surface area contributed by atoms with Crippen LogP contribution in [0.3, 0.4) is 0 Å². The van der Waals surface area contributed by atoms with Crippen LogP contribution in [-0.2, 0) is 13.0 Å². The van der Waals surface area contributed by atoms with Crippen LogP contribution in [-0.4, -0.2) is 16.5 Å². The Bertz CT molecular complexity index is 904. The van der Waals surface area contributed by atoms with Crippen molar-refractivity contribution in [2.75, 3.05) is 16.8 Å². The smallest absolute Gasteiger partial charge is 0.232 e. The summed E-state index contributed by atoms with van der Waals surface area (Å²) < 4.78 is 0. The van der Waals surface area contributed by atoms with E-state index in [2.05, 4.69) is 70.7 Å². The monoisotopic (exact) mass is 330 g/mol. The van der Waals surface area contributed by atoms with Gasteiger partial charge in [-0.1, -0.05) is 42.5 Å². The van der Waals surface area contributed by atoms with Crippen molar-refractivity contribution in [3.05, 3.63) is 77.0 Å². The van der Waals surface area contributed by atoms with E-state index in [4.69, 9.17) is 4.98 Å². The van der Waals surface area contributed by atoms with Crippen molar-refractivity contribution >= 4 is 17.5 Å². The predicted octanol–water partition coefficient (Wildman–Crippen LogP) is 4.40. The molecule has 3 aromatic rings. The Kier molecular flexibility index (Phi) is 4.10. The van der Waals surface area contributed by atoms with Gasteiger partial charge >= 0.3 is 0 Å². The van der Waals surface area contributed by atoms with Crippen molar-refractivity contribution in [2.24, 2.45) is 0 Å². The maximum absolute atomic E-state index is 4.76. The van der Waals surface area contributed by atoms with Crippen LogP contribution in [0.4, 0.5) is 17.5 Å². The Hall–Kier alpha value is -2.88. The summed E-state index contributed by atoms with van der Waals surface area (Å²) in [5.41, 5.74) is 6.13. The lowest BCUT2D eigenvalue weighted by Gasteiger charge is -2.19. The van der Waals surface area contributed by atoms with E-state index in [1.165, 1.54) is 22.4 Å². The molecule has 1 N–H and O–H groups in total. The minimum absolute atomic E-state index is 0.763. The molecule has 2 heterocycles. The standard InChI is InChI=1S/C21H22N4/c1-15-7-3-4-9-18(15)14-22-20-13-16(2)23-21(24-20)25-12-11-17-8-5-6-10-19(17)25/h3-10,13H,11-12,14H2,1-2H3,(H,22,23,24). The van der Waals surface area contributed by atoms with E-state index in [0.29, 0.717) is 0 Å². The van der Waals surface area contributed by atoms with Crippen LogP contribution in [0.25, 0.3) is 0 Å². The molecular weight excluding hydrogens is 308 g/mol. The molecule has 1 aromatic heterocycles. The van der Waals surface area contributed by atoms with Gasteiger partial charge in [0.15, 0.2) is 0 Å². The van der Waals surface area contributed by atoms with Crippen LogP contribution in [0.2, 0.25) is 0 Å². The lowest BCUT2D eigenvalue weighted by Crippen LogP contribution is -2.17. The molecule has 0 saturated carbocycles. The zero-order valence-corrected chi connectivity index (χ0v) is 14.7. The van der Waals surface area contributed by atoms with Crippen LogP contribution < -0.4 is 10.2 Å². The van der Waals surface area contributed by atoms with Crippen molar-refractivity contribution in [2.45, 2.75) is 26.8 Å². The number of nitrogens with one attached hydrogen (secondary N) is 1. The van der Waals surface area contributed by atoms with Gasteiger partial charge < -0.3 is 10.2 Å². The minimum atomic E-state index is 0.763. The molecule has 0 atom stereocenters. The molecule has 0 saturated heterocycles. The van der Waals surface area contributed by atoms with E-state index in [1.807, 2.05) is 13.0 Å². The quantitative estimate of drug-likeness (QED) is 0.770. The van der Waals surface area contributed by atoms with Gasteiger partial charge in [-0.3, -0.25) is 0 Å². The number of aromatic nitrogens is 2. The molecule has 0 amide bonds. The van der Waals surface area contributed by atoms with Gasteiger partial charge in [0.1, 0.15) is 5.82 Å². The number of aryl methyl sites for hydroxylation is 2. The summed E-state index contributed by atoms with van der Waals surface area (Å²) >= 11 is 0. The zero-order valence-electron chi connectivity index (χ0n) is 14.7. The second kappa shape index (κ2) is 6.55. The van der Waals surface area contributed by atoms with Crippen molar-refractivity contribution < 1.29 is 0 Å². The Morgan fingerprint density at radius 1 is 1.00 bits per heavy atom. The fourth-order valence-corrected chi connectivity index (χ4v) is 3.30. The number of hydrogen-bond acceptors (Lipinski definition) is 4. The number of rotatable bonds is 4. The number of benzene rings is 2. The number of hydrogen-bond donors (Lipinski definition) is 1. The second-order valence-electron chi connectivity index (χ2n) is 6.50. The molecule has 4 rings (SSSR count). The third-order valence-electron chi connectivity index (χ3n) is 4.69. The summed E-state index contributed by atoms with van der Waals surface area (Å²) in [6.07, 6.45) is 1.04. The first-order chi connectivity index (χ1) is 12.2. The summed E-state index contributed by atoms with van der Waals surface area (Å²) in [4.78, 5) is 11.6. The highest BCUT2D eigenvalue weighted by atomic mass is 15.3. The highest BCUT2D eigenvalue weighted by molar-refractivity contribution is 5.66. The van der Waals surface area contributed by atoms with Gasteiger partial charge in [-0.25, -0.2) is 4.98 Å². The highest BCUT2D eigenvalue weighted by Gasteiger charge is 2.22. The Morgan fingerprint density at radius 2 is 1.80 bits per heavy atom. The van der Waals surface area contributed by atoms with Crippen molar-refractivity contribution in [3.63, 3.8) is 0 Å². The van der Waals surface area contributed by atoms with Crippen molar-refractivity contribution in [3.8, 4) is 0 Å². The van der Waals surface area contributed by atoms with Gasteiger partial charge in [-0.05, 0) is 43.0 Å². The largest absolute Gasteiger partial charge is 0.366 e. The van der Waals surface area contributed by atoms with Gasteiger partial charge in [0.25, 0.3) is 0 Å². The summed E-state index contributed by atoms with van der Waals surface area (Å²) in [6.45, 7) is 5.85. The van der Waals surface area contributed by atoms with E-state index < -0.39 is 0 Å². The molecule has 0 unspecified atom stereocenters. The molecule has 1 aliphatic rings. The second-order valence-corrected chi connectivity index (χ2v) is 6.50. The summed E-state index contributed by atoms with van der Waals surface area (Å²) in [5, 5.41) is 3.45. The topological polar surface area (TPSA) is 41.1 Å². The van der Waals surface area contributed by atoms with E-state index in [9.17, 15) is 0 Å². The molecule has 4 nitrogen and oxygen atoms in total. The molecule has 2 aromatic carbocycles. The molecule has 0 radical (unpaired) electrons. The molecule has 1 aliphatic heterocycles. The highest BCUT2D eigenvalue weighted by Crippen LogP contribution is 2.32. The first-order valence-electron chi connectivity index (χ1n) is 8.70. The summed E-state index contributed by atoms with van der Waals surface area (Å²) in [6, 6.07) is 18.9. The number of fused-ring (bicyclic) bond motifs is 1. The maximum Gasteiger partial charge on any atom is 0.232 e. The van der Waals surface area contributed by atoms with Crippen LogP contribution in [0.5, 0.6) is 0 Å². The van der Waals surface area contributed by atoms with E-state index >= 15 is 0 Å². The van der Waals surface area contributed by atoms with Crippen LogP contribution in [0.15, 0.2) is 54.6 Å². The third kappa shape index (κ3) is 3.20. The Labute approximate surface area is 148 Å². The van der Waals surface area contributed by atoms with Gasteiger partial charge in [-0.15, -0.1) is 0 Å². The molecule has 0 aliphatic carbocycles. The van der Waals surface area contributed by atoms with Crippen molar-refractivity contribution in [1.29, 1.82) is 0 Å². The minimum Gasteiger partial charge on any atom is -0.366 e. The summed E-state index contributed by atoms with van der Waals surface area (Å²) in [7, 11) is 0. The van der Waals surface area contributed by atoms with Gasteiger partial charge in [0, 0.05) is 30.5 Å². The SMILES string of the molecule is Cc1cc(NCc2ccccc2C)nc(N2CCc3ccccc32)n1. The molecule has 0 fully saturated rings. The lowest BCUT2D eigenvalue weighted by molar-refractivity contribution is 0.925. The fourth-order valence-electron chi connectivity index (χ4n) is 3.30. The average molecular weight is 330 g/mol. The van der Waals surface area contributed by atoms with E-state index in [1.54, 1.807) is 0 Å². The van der Waals surface area contributed by atoms with Crippen LogP contribution >= 0.6 is 0 Å². The normalized spacial score (nSPS) is 13.0. The zero-order chi connectivity index (χ0) is 17.2. The van der Waals surface area contributed by atoms with Gasteiger partial charge in [0.05, 0.1) is 0 Å². The third-order valence-corrected chi connectivity index (χ3v) is 4.69. The maximum atomic E-state index is 4.76. The molecule has 4 heteroatoms. The molecule has 126 valence electrons. The predicted molar refractivity (Wildman–Crippen MR) is 102 cm³/mol. The van der Waals surface area contributed by atoms with Crippen LogP contribution in [0.1, 0.15) is 22.4 Å². The van der Waals surface area contributed by atoms with Crippen LogP contribution in [0, 0.1) is 13.8 Å². The Morgan fingerprint density at radius 3 is 2.68 bits per heavy atom. The van der Waals surface area contributed by atoms with Gasteiger partial charge in [-0.2, -0.15) is 4.98 Å². The number of nitrogens with zero attached hydrogens (tertiary/aromatic N) is 3. The first kappa shape index (κ1) is 15.6. The average Bonchev–Trinajstić information content (AvgIpc) is 3.05. The number of para-hydroxylation sites is 1. The number of anilines is 3. The van der Waals surface area contributed by atoms with Crippen molar-refractivity contribution in [1.82, 2.24) is 9.97 Å². The molecule has 0 bridgehead atoms. The van der Waals surface area contributed by atoms with Gasteiger partial charge in [0.2, 0.25) is 5.95 Å². The van der Waals surface area contributed by atoms with E-state index in [-0.39, 0.29) is 0 Å². The molecule has 25 heavy (non-hydrogen) atoms. The Balaban J connectivity index is 1.58. The van der Waals surface area contributed by atoms with E-state index in [0.717, 1.165) is 37.0 Å². The molecular formula is C21H22N4. The summed E-state index contributed by atoms with van der Waals surface area (Å²) in [5.74, 6) is 1.65. The fraction of sp³-hybridized carbons (Fsp3) is 0.238. The lowest BCUT2D eigenvalue weighted by atomic mass is 10.1.